The van der Waals surface area contributed by atoms with E-state index in [-0.39, 0.29) is 55.4 Å². The van der Waals surface area contributed by atoms with Crippen LogP contribution in [-0.4, -0.2) is 61.6 Å². The molecular weight excluding hydrogens is 488 g/mol. The van der Waals surface area contributed by atoms with Crippen LogP contribution in [0.1, 0.15) is 93.4 Å². The number of carbonyl (C=O) groups is 4. The summed E-state index contributed by atoms with van der Waals surface area (Å²) in [6.45, 7) is 12.4. The molecule has 0 spiro atoms. The monoisotopic (exact) mass is 532 g/mol. The van der Waals surface area contributed by atoms with Crippen LogP contribution in [-0.2, 0) is 19.2 Å². The van der Waals surface area contributed by atoms with Gasteiger partial charge in [-0.05, 0) is 50.0 Å². The number of carboxylic acids is 1. The van der Waals surface area contributed by atoms with Crippen molar-refractivity contribution in [3.05, 3.63) is 11.1 Å². The third kappa shape index (κ3) is 3.80. The predicted octanol–water partition coefficient (Wildman–Crippen LogP) is 3.25. The molecule has 2 saturated carbocycles. The van der Waals surface area contributed by atoms with Gasteiger partial charge in [0.15, 0.2) is 5.78 Å². The van der Waals surface area contributed by atoms with E-state index in [2.05, 4.69) is 0 Å². The minimum atomic E-state index is -1.55. The highest BCUT2D eigenvalue weighted by Gasteiger charge is 2.71. The molecule has 8 heteroatoms. The highest BCUT2D eigenvalue weighted by atomic mass is 16.4. The molecule has 0 amide bonds. The van der Waals surface area contributed by atoms with Crippen LogP contribution in [0.3, 0.4) is 0 Å². The highest BCUT2D eigenvalue weighted by molar-refractivity contribution is 6.05. The summed E-state index contributed by atoms with van der Waals surface area (Å²) in [5.41, 5.74) is -4.13. The van der Waals surface area contributed by atoms with E-state index in [1.807, 2.05) is 27.7 Å². The van der Waals surface area contributed by atoms with E-state index in [1.54, 1.807) is 13.8 Å². The summed E-state index contributed by atoms with van der Waals surface area (Å²) in [4.78, 5) is 52.1. The fourth-order valence-electron chi connectivity index (χ4n) is 9.16. The molecule has 0 saturated heterocycles. The molecule has 8 nitrogen and oxygen atoms in total. The average Bonchev–Trinajstić information content (AvgIpc) is 2.99. The van der Waals surface area contributed by atoms with Gasteiger partial charge in [0.05, 0.1) is 29.1 Å². The molecular formula is C30H44O8. The molecule has 4 rings (SSSR count). The maximum absolute atomic E-state index is 14.1. The van der Waals surface area contributed by atoms with Crippen LogP contribution in [0.5, 0.6) is 0 Å². The van der Waals surface area contributed by atoms with Gasteiger partial charge in [0.2, 0.25) is 0 Å². The van der Waals surface area contributed by atoms with Crippen molar-refractivity contribution in [2.75, 3.05) is 0 Å². The van der Waals surface area contributed by atoms with Gasteiger partial charge >= 0.3 is 5.97 Å². The average molecular weight is 533 g/mol. The van der Waals surface area contributed by atoms with Crippen LogP contribution in [0, 0.1) is 39.4 Å². The molecule has 0 aromatic carbocycles. The lowest BCUT2D eigenvalue weighted by Gasteiger charge is -2.60. The highest BCUT2D eigenvalue weighted by Crippen LogP contribution is 2.70. The Morgan fingerprint density at radius 2 is 1.71 bits per heavy atom. The van der Waals surface area contributed by atoms with Gasteiger partial charge in [0.25, 0.3) is 0 Å². The van der Waals surface area contributed by atoms with Crippen LogP contribution in [0.2, 0.25) is 0 Å². The van der Waals surface area contributed by atoms with Crippen molar-refractivity contribution in [1.29, 1.82) is 0 Å². The molecule has 38 heavy (non-hydrogen) atoms. The first kappa shape index (κ1) is 29.1. The lowest BCUT2D eigenvalue weighted by Crippen LogP contribution is -2.60. The molecule has 0 radical (unpaired) electrons. The SMILES string of the molecule is CC(CC(O)CC(C)(O)[C@@H]1CC(=O)[C@]2(C)C3=C(C(=O)C[C@@]12C)[C@]1(C)CCC(=O)C(C)(C)[C@H]1C[C@H]3O)C(=O)O. The number of aliphatic hydroxyl groups is 3. The van der Waals surface area contributed by atoms with Crippen LogP contribution < -0.4 is 0 Å². The number of aliphatic carboxylic acids is 1. The van der Waals surface area contributed by atoms with Gasteiger partial charge in [-0.25, -0.2) is 0 Å². The summed E-state index contributed by atoms with van der Waals surface area (Å²) < 4.78 is 0. The van der Waals surface area contributed by atoms with Gasteiger partial charge in [-0.3, -0.25) is 19.2 Å². The zero-order valence-electron chi connectivity index (χ0n) is 23.8. The summed E-state index contributed by atoms with van der Waals surface area (Å²) in [6.07, 6.45) is -1.21. The summed E-state index contributed by atoms with van der Waals surface area (Å²) in [5, 5.41) is 43.1. The lowest BCUT2D eigenvalue weighted by molar-refractivity contribution is -0.149. The zero-order valence-corrected chi connectivity index (χ0v) is 23.8. The van der Waals surface area contributed by atoms with Gasteiger partial charge in [-0.2, -0.15) is 0 Å². The van der Waals surface area contributed by atoms with Crippen molar-refractivity contribution in [2.24, 2.45) is 39.4 Å². The van der Waals surface area contributed by atoms with Crippen LogP contribution in [0.4, 0.5) is 0 Å². The number of hydrogen-bond donors (Lipinski definition) is 4. The van der Waals surface area contributed by atoms with Crippen LogP contribution in [0.15, 0.2) is 11.1 Å². The number of rotatable bonds is 6. The number of carboxylic acid groups (broad SMARTS) is 1. The molecule has 0 aliphatic heterocycles. The predicted molar refractivity (Wildman–Crippen MR) is 139 cm³/mol. The number of aliphatic hydroxyl groups excluding tert-OH is 2. The number of carbonyl (C=O) groups excluding carboxylic acids is 3. The van der Waals surface area contributed by atoms with Crippen molar-refractivity contribution in [1.82, 2.24) is 0 Å². The van der Waals surface area contributed by atoms with E-state index in [9.17, 15) is 39.6 Å². The molecule has 0 aromatic heterocycles. The third-order valence-electron chi connectivity index (χ3n) is 11.5. The molecule has 0 heterocycles. The Kier molecular flexibility index (Phi) is 6.74. The fourth-order valence-corrected chi connectivity index (χ4v) is 9.16. The van der Waals surface area contributed by atoms with E-state index in [0.717, 1.165) is 0 Å². The first-order chi connectivity index (χ1) is 17.2. The lowest BCUT2D eigenvalue weighted by atomic mass is 9.42. The van der Waals surface area contributed by atoms with Crippen molar-refractivity contribution < 1.29 is 39.6 Å². The first-order valence-electron chi connectivity index (χ1n) is 13.9. The minimum absolute atomic E-state index is 0.0118. The second-order valence-electron chi connectivity index (χ2n) is 14.2. The second-order valence-corrected chi connectivity index (χ2v) is 14.2. The van der Waals surface area contributed by atoms with Gasteiger partial charge < -0.3 is 20.4 Å². The summed E-state index contributed by atoms with van der Waals surface area (Å²) in [5.74, 6) is -2.92. The maximum Gasteiger partial charge on any atom is 0.306 e. The Balaban J connectivity index is 1.78. The van der Waals surface area contributed by atoms with Gasteiger partial charge in [0, 0.05) is 48.0 Å². The van der Waals surface area contributed by atoms with Crippen molar-refractivity contribution in [2.45, 2.75) is 111 Å². The Morgan fingerprint density at radius 1 is 1.11 bits per heavy atom. The first-order valence-corrected chi connectivity index (χ1v) is 13.9. The summed E-state index contributed by atoms with van der Waals surface area (Å²) in [6, 6.07) is 0. The minimum Gasteiger partial charge on any atom is -0.481 e. The Labute approximate surface area is 224 Å². The largest absolute Gasteiger partial charge is 0.481 e. The quantitative estimate of drug-likeness (QED) is 0.407. The molecule has 4 aliphatic rings. The van der Waals surface area contributed by atoms with Gasteiger partial charge in [-0.15, -0.1) is 0 Å². The fraction of sp³-hybridized carbons (Fsp3) is 0.800. The van der Waals surface area contributed by atoms with E-state index in [0.29, 0.717) is 24.0 Å². The molecule has 4 aliphatic carbocycles. The maximum atomic E-state index is 14.1. The standard InChI is InChI=1S/C30H44O8/c1-15(25(36)37)10-16(31)13-29(6,38)20-12-22(35)30(7)24-17(32)11-19-26(2,3)21(34)8-9-27(19,4)23(24)18(33)14-28(20,30)5/h15-17,19-20,31-32,38H,8-14H2,1-7H3,(H,36,37)/t15?,16?,17-,19-,20-,27-,28+,29?,30-/m1/s1. The second kappa shape index (κ2) is 8.80. The summed E-state index contributed by atoms with van der Waals surface area (Å²) in [7, 11) is 0. The number of Topliss-reactive ketones (excluding diaryl/α,β-unsaturated/α-hetero) is 3. The summed E-state index contributed by atoms with van der Waals surface area (Å²) >= 11 is 0. The van der Waals surface area contributed by atoms with Gasteiger partial charge in [0.1, 0.15) is 11.6 Å². The molecule has 0 aromatic rings. The zero-order chi connectivity index (χ0) is 28.8. The number of ketones is 3. The van der Waals surface area contributed by atoms with Crippen molar-refractivity contribution >= 4 is 23.3 Å². The Morgan fingerprint density at radius 3 is 2.29 bits per heavy atom. The van der Waals surface area contributed by atoms with E-state index >= 15 is 0 Å². The Hall–Kier alpha value is -1.90. The number of fused-ring (bicyclic) bond motifs is 4. The molecule has 212 valence electrons. The van der Waals surface area contributed by atoms with E-state index in [1.165, 1.54) is 6.92 Å². The van der Waals surface area contributed by atoms with Crippen molar-refractivity contribution in [3.63, 3.8) is 0 Å². The molecule has 9 atom stereocenters. The molecule has 3 unspecified atom stereocenters. The smallest absolute Gasteiger partial charge is 0.306 e. The molecule has 0 bridgehead atoms. The Bertz CT molecular complexity index is 1120. The molecule has 4 N–H and O–H groups in total. The normalized spacial score (nSPS) is 41.6. The number of allylic oxidation sites excluding steroid dienone is 1. The topological polar surface area (TPSA) is 149 Å². The van der Waals surface area contributed by atoms with E-state index in [4.69, 9.17) is 0 Å². The molecule has 2 fully saturated rings. The number of hydrogen-bond acceptors (Lipinski definition) is 7. The van der Waals surface area contributed by atoms with Gasteiger partial charge in [-0.1, -0.05) is 34.6 Å². The van der Waals surface area contributed by atoms with Crippen molar-refractivity contribution in [3.8, 4) is 0 Å². The van der Waals surface area contributed by atoms with Crippen LogP contribution >= 0.6 is 0 Å². The third-order valence-corrected chi connectivity index (χ3v) is 11.5. The van der Waals surface area contributed by atoms with Crippen LogP contribution in [0.25, 0.3) is 0 Å². The van der Waals surface area contributed by atoms with E-state index < -0.39 is 57.3 Å².